The Bertz CT molecular complexity index is 2610. The molecule has 1 heteroatoms. The Hall–Kier alpha value is -5.66. The van der Waals surface area contributed by atoms with Gasteiger partial charge in [-0.05, 0) is 93.9 Å². The molecule has 0 saturated heterocycles. The maximum absolute atomic E-state index is 2.48. The van der Waals surface area contributed by atoms with Crippen molar-refractivity contribution in [1.29, 1.82) is 0 Å². The molecule has 0 spiro atoms. The predicted molar refractivity (Wildman–Crippen MR) is 212 cm³/mol. The summed E-state index contributed by atoms with van der Waals surface area (Å²) >= 11 is 0. The van der Waals surface area contributed by atoms with Crippen LogP contribution in [0.3, 0.4) is 0 Å². The molecule has 7 aromatic rings. The van der Waals surface area contributed by atoms with Crippen molar-refractivity contribution in [1.82, 2.24) is 4.57 Å². The van der Waals surface area contributed by atoms with Crippen LogP contribution in [0.15, 0.2) is 170 Å². The molecule has 0 bridgehead atoms. The highest BCUT2D eigenvalue weighted by Gasteiger charge is 2.41. The van der Waals surface area contributed by atoms with Crippen molar-refractivity contribution in [3.8, 4) is 22.3 Å². The largest absolute Gasteiger partial charge is 0.335 e. The van der Waals surface area contributed by atoms with Gasteiger partial charge in [-0.1, -0.05) is 159 Å². The zero-order valence-corrected chi connectivity index (χ0v) is 29.2. The second kappa shape index (κ2) is 11.5. The molecule has 0 radical (unpaired) electrons. The number of allylic oxidation sites excluding steroid dienone is 4. The van der Waals surface area contributed by atoms with Crippen molar-refractivity contribution < 1.29 is 0 Å². The van der Waals surface area contributed by atoms with Gasteiger partial charge in [0.2, 0.25) is 0 Å². The standard InChI is InChI=1S/C49H41N/c1-48(2,3)50-44-20-11-10-16-39(44)42-32-38(29-30-45(42)50)35-21-25-36(26-22-35)46-40-17-8-9-18-41(40)47(49(4)31-13-12-19-43(46)49)37-27-23-34(24-28-37)33-14-6-5-7-15-33/h5-32,43H,1-4H3. The number of hydrogen-bond donors (Lipinski definition) is 0. The molecule has 1 heterocycles. The first kappa shape index (κ1) is 30.4. The van der Waals surface area contributed by atoms with E-state index in [1.54, 1.807) is 0 Å². The minimum Gasteiger partial charge on any atom is -0.335 e. The summed E-state index contributed by atoms with van der Waals surface area (Å²) in [6.45, 7) is 9.29. The average Bonchev–Trinajstić information content (AvgIpc) is 3.49. The molecule has 0 fully saturated rings. The van der Waals surface area contributed by atoms with Crippen LogP contribution in [0.4, 0.5) is 0 Å². The Labute approximate surface area is 294 Å². The lowest BCUT2D eigenvalue weighted by molar-refractivity contribution is 0.423. The average molecular weight is 644 g/mol. The van der Waals surface area contributed by atoms with E-state index in [0.29, 0.717) is 0 Å². The monoisotopic (exact) mass is 643 g/mol. The predicted octanol–water partition coefficient (Wildman–Crippen LogP) is 11.0. The number of nitrogens with zero attached hydrogens (tertiary/aromatic N) is 1. The molecule has 9 rings (SSSR count). The SMILES string of the molecule is CC12C=CC=CC1C(c1ccc(-c3ccc4c(c3)c3ccccc3n4C(C)(C)C)cc1)=c1ccccc1=C2c1ccc(-c2ccccc2)cc1. The summed E-state index contributed by atoms with van der Waals surface area (Å²) in [5.41, 5.74) is 12.7. The Morgan fingerprint density at radius 3 is 1.80 bits per heavy atom. The lowest BCUT2D eigenvalue weighted by atomic mass is 9.60. The van der Waals surface area contributed by atoms with Gasteiger partial charge in [-0.25, -0.2) is 0 Å². The van der Waals surface area contributed by atoms with Gasteiger partial charge in [0.1, 0.15) is 0 Å². The van der Waals surface area contributed by atoms with E-state index >= 15 is 0 Å². The highest BCUT2D eigenvalue weighted by Crippen LogP contribution is 2.50. The summed E-state index contributed by atoms with van der Waals surface area (Å²) in [6, 6.07) is 54.0. The number of benzene rings is 6. The third kappa shape index (κ3) is 4.76. The van der Waals surface area contributed by atoms with Gasteiger partial charge in [-0.15, -0.1) is 0 Å². The van der Waals surface area contributed by atoms with Gasteiger partial charge in [0.05, 0.1) is 0 Å². The van der Waals surface area contributed by atoms with Crippen LogP contribution in [0.2, 0.25) is 0 Å². The second-order valence-corrected chi connectivity index (χ2v) is 15.1. The molecule has 2 atom stereocenters. The molecule has 1 aromatic heterocycles. The fourth-order valence-corrected chi connectivity index (χ4v) is 8.74. The summed E-state index contributed by atoms with van der Waals surface area (Å²) in [5, 5.41) is 5.26. The molecule has 2 aliphatic carbocycles. The van der Waals surface area contributed by atoms with Crippen LogP contribution in [0.5, 0.6) is 0 Å². The molecular weight excluding hydrogens is 603 g/mol. The summed E-state index contributed by atoms with van der Waals surface area (Å²) in [6.07, 6.45) is 9.30. The van der Waals surface area contributed by atoms with E-state index in [2.05, 4.69) is 202 Å². The number of hydrogen-bond acceptors (Lipinski definition) is 0. The zero-order chi connectivity index (χ0) is 34.0. The minimum absolute atomic E-state index is 0.0157. The molecule has 0 saturated carbocycles. The normalized spacial score (nSPS) is 18.4. The van der Waals surface area contributed by atoms with Gasteiger partial charge in [0.15, 0.2) is 0 Å². The van der Waals surface area contributed by atoms with Crippen molar-refractivity contribution in [3.63, 3.8) is 0 Å². The van der Waals surface area contributed by atoms with Crippen LogP contribution in [-0.4, -0.2) is 4.57 Å². The zero-order valence-electron chi connectivity index (χ0n) is 29.2. The third-order valence-corrected chi connectivity index (χ3v) is 11.0. The van der Waals surface area contributed by atoms with E-state index in [1.165, 1.54) is 76.8 Å². The molecule has 0 aliphatic heterocycles. The van der Waals surface area contributed by atoms with E-state index in [9.17, 15) is 0 Å². The maximum atomic E-state index is 2.48. The van der Waals surface area contributed by atoms with Gasteiger partial charge < -0.3 is 4.57 Å². The van der Waals surface area contributed by atoms with Gasteiger partial charge in [0, 0.05) is 38.7 Å². The number of fused-ring (bicyclic) bond motifs is 5. The summed E-state index contributed by atoms with van der Waals surface area (Å²) in [5.74, 6) is 0.205. The van der Waals surface area contributed by atoms with Gasteiger partial charge in [-0.3, -0.25) is 0 Å². The van der Waals surface area contributed by atoms with Crippen molar-refractivity contribution in [3.05, 3.63) is 191 Å². The summed E-state index contributed by atoms with van der Waals surface area (Å²) in [4.78, 5) is 0. The highest BCUT2D eigenvalue weighted by molar-refractivity contribution is 6.09. The molecule has 242 valence electrons. The number of rotatable bonds is 4. The Kier molecular flexibility index (Phi) is 6.97. The van der Waals surface area contributed by atoms with E-state index in [1.807, 2.05) is 0 Å². The van der Waals surface area contributed by atoms with E-state index in [-0.39, 0.29) is 16.9 Å². The quantitative estimate of drug-likeness (QED) is 0.180. The van der Waals surface area contributed by atoms with Gasteiger partial charge in [-0.2, -0.15) is 0 Å². The Morgan fingerprint density at radius 2 is 1.06 bits per heavy atom. The summed E-state index contributed by atoms with van der Waals surface area (Å²) in [7, 11) is 0. The van der Waals surface area contributed by atoms with Gasteiger partial charge >= 0.3 is 0 Å². The number of aromatic nitrogens is 1. The van der Waals surface area contributed by atoms with E-state index in [0.717, 1.165) is 0 Å². The molecule has 50 heavy (non-hydrogen) atoms. The van der Waals surface area contributed by atoms with Crippen LogP contribution in [-0.2, 0) is 5.54 Å². The first-order valence-corrected chi connectivity index (χ1v) is 17.8. The molecule has 1 nitrogen and oxygen atoms in total. The molecule has 2 unspecified atom stereocenters. The Morgan fingerprint density at radius 1 is 0.500 bits per heavy atom. The maximum Gasteiger partial charge on any atom is 0.0496 e. The van der Waals surface area contributed by atoms with Crippen molar-refractivity contribution in [2.75, 3.05) is 0 Å². The molecule has 6 aromatic carbocycles. The highest BCUT2D eigenvalue weighted by atomic mass is 15.0. The smallest absolute Gasteiger partial charge is 0.0496 e. The first-order chi connectivity index (χ1) is 24.3. The molecule has 0 amide bonds. The van der Waals surface area contributed by atoms with Crippen molar-refractivity contribution in [2.24, 2.45) is 11.3 Å². The van der Waals surface area contributed by atoms with Crippen LogP contribution in [0, 0.1) is 11.3 Å². The molecular formula is C49H41N. The number of para-hydroxylation sites is 1. The lowest BCUT2D eigenvalue weighted by Crippen LogP contribution is -2.45. The fraction of sp³-hybridized carbons (Fsp3) is 0.143. The summed E-state index contributed by atoms with van der Waals surface area (Å²) < 4.78 is 2.48. The third-order valence-electron chi connectivity index (χ3n) is 11.0. The topological polar surface area (TPSA) is 4.93 Å². The van der Waals surface area contributed by atoms with E-state index in [4.69, 9.17) is 0 Å². The molecule has 2 aliphatic rings. The van der Waals surface area contributed by atoms with Crippen LogP contribution < -0.4 is 10.4 Å². The van der Waals surface area contributed by atoms with Crippen LogP contribution >= 0.6 is 0 Å². The first-order valence-electron chi connectivity index (χ1n) is 17.8. The van der Waals surface area contributed by atoms with Crippen molar-refractivity contribution in [2.45, 2.75) is 33.2 Å². The second-order valence-electron chi connectivity index (χ2n) is 15.1. The van der Waals surface area contributed by atoms with Crippen molar-refractivity contribution >= 4 is 33.0 Å². The lowest BCUT2D eigenvalue weighted by Gasteiger charge is -2.42. The van der Waals surface area contributed by atoms with Crippen LogP contribution in [0.1, 0.15) is 38.8 Å². The Balaban J connectivity index is 1.18. The minimum atomic E-state index is -0.197. The fourth-order valence-electron chi connectivity index (χ4n) is 8.74. The van der Waals surface area contributed by atoms with Gasteiger partial charge in [0.25, 0.3) is 0 Å². The molecule has 0 N–H and O–H groups in total. The van der Waals surface area contributed by atoms with Crippen LogP contribution in [0.25, 0.3) is 55.2 Å². The van der Waals surface area contributed by atoms with E-state index < -0.39 is 0 Å².